The van der Waals surface area contributed by atoms with Crippen molar-refractivity contribution in [1.29, 1.82) is 0 Å². The topological polar surface area (TPSA) is 83.3 Å². The third kappa shape index (κ3) is 4.42. The molecule has 0 aliphatic carbocycles. The van der Waals surface area contributed by atoms with Gasteiger partial charge in [0.15, 0.2) is 5.69 Å². The first-order chi connectivity index (χ1) is 14.7. The van der Waals surface area contributed by atoms with Crippen LogP contribution < -0.4 is 5.32 Å². The van der Waals surface area contributed by atoms with Crippen molar-refractivity contribution in [2.75, 3.05) is 13.2 Å². The molecule has 1 atom stereocenters. The minimum absolute atomic E-state index is 0.00364. The standard InChI is InChI=1S/C23H27N5O2/c1-17(19-5-3-2-4-6-19)25-23(30)22-20-16-27(15-18-7-10-24-11-8-18)12-9-21(20)28(26-22)13-14-29/h2-8,10-11,17,29H,9,12-16H2,1H3,(H,25,30)/t17-/m1/s1. The first-order valence-electron chi connectivity index (χ1n) is 10.3. The lowest BCUT2D eigenvalue weighted by Crippen LogP contribution is -2.33. The first kappa shape index (κ1) is 20.3. The van der Waals surface area contributed by atoms with E-state index in [0.717, 1.165) is 36.3 Å². The number of nitrogens with one attached hydrogen (secondary N) is 1. The van der Waals surface area contributed by atoms with Crippen molar-refractivity contribution in [1.82, 2.24) is 25.0 Å². The van der Waals surface area contributed by atoms with E-state index in [2.05, 4.69) is 20.3 Å². The second-order valence-electron chi connectivity index (χ2n) is 7.64. The number of carbonyl (C=O) groups is 1. The fraction of sp³-hybridized carbons (Fsp3) is 0.348. The lowest BCUT2D eigenvalue weighted by Gasteiger charge is -2.27. The van der Waals surface area contributed by atoms with Crippen LogP contribution in [0.4, 0.5) is 0 Å². The van der Waals surface area contributed by atoms with Gasteiger partial charge in [0.25, 0.3) is 5.91 Å². The Morgan fingerprint density at radius 1 is 1.20 bits per heavy atom. The quantitative estimate of drug-likeness (QED) is 0.630. The Morgan fingerprint density at radius 3 is 2.70 bits per heavy atom. The number of amides is 1. The van der Waals surface area contributed by atoms with Crippen LogP contribution >= 0.6 is 0 Å². The van der Waals surface area contributed by atoms with E-state index >= 15 is 0 Å². The molecule has 0 bridgehead atoms. The molecule has 3 heterocycles. The molecule has 7 heteroatoms. The van der Waals surface area contributed by atoms with E-state index < -0.39 is 0 Å². The highest BCUT2D eigenvalue weighted by Crippen LogP contribution is 2.25. The highest BCUT2D eigenvalue weighted by Gasteiger charge is 2.28. The molecule has 1 aliphatic heterocycles. The predicted molar refractivity (Wildman–Crippen MR) is 114 cm³/mol. The monoisotopic (exact) mass is 405 g/mol. The van der Waals surface area contributed by atoms with Gasteiger partial charge in [-0.25, -0.2) is 0 Å². The van der Waals surface area contributed by atoms with Gasteiger partial charge in [-0.3, -0.25) is 19.4 Å². The van der Waals surface area contributed by atoms with Crippen molar-refractivity contribution in [2.45, 2.75) is 39.0 Å². The van der Waals surface area contributed by atoms with Crippen molar-refractivity contribution in [3.8, 4) is 0 Å². The highest BCUT2D eigenvalue weighted by atomic mass is 16.3. The van der Waals surface area contributed by atoms with Crippen molar-refractivity contribution in [3.63, 3.8) is 0 Å². The number of fused-ring (bicyclic) bond motifs is 1. The van der Waals surface area contributed by atoms with Crippen LogP contribution in [0.15, 0.2) is 54.9 Å². The van der Waals surface area contributed by atoms with E-state index in [-0.39, 0.29) is 18.6 Å². The van der Waals surface area contributed by atoms with E-state index in [9.17, 15) is 9.90 Å². The number of hydrogen-bond donors (Lipinski definition) is 2. The number of pyridine rings is 1. The lowest BCUT2D eigenvalue weighted by molar-refractivity contribution is 0.0931. The number of aliphatic hydroxyl groups excluding tert-OH is 1. The Labute approximate surface area is 176 Å². The van der Waals surface area contributed by atoms with Gasteiger partial charge in [0.1, 0.15) is 0 Å². The summed E-state index contributed by atoms with van der Waals surface area (Å²) in [6, 6.07) is 13.8. The zero-order valence-electron chi connectivity index (χ0n) is 17.2. The zero-order chi connectivity index (χ0) is 20.9. The van der Waals surface area contributed by atoms with Gasteiger partial charge >= 0.3 is 0 Å². The molecule has 1 aromatic carbocycles. The molecule has 2 N–H and O–H groups in total. The summed E-state index contributed by atoms with van der Waals surface area (Å²) in [4.78, 5) is 19.5. The van der Waals surface area contributed by atoms with Gasteiger partial charge in [0.05, 0.1) is 19.2 Å². The Balaban J connectivity index is 1.55. The molecule has 3 aromatic rings. The van der Waals surface area contributed by atoms with Crippen LogP contribution in [0.1, 0.15) is 45.8 Å². The molecule has 2 aromatic heterocycles. The fourth-order valence-electron chi connectivity index (χ4n) is 3.98. The molecule has 0 unspecified atom stereocenters. The summed E-state index contributed by atoms with van der Waals surface area (Å²) < 4.78 is 1.79. The second kappa shape index (κ2) is 9.19. The summed E-state index contributed by atoms with van der Waals surface area (Å²) in [5, 5.41) is 17.1. The lowest BCUT2D eigenvalue weighted by atomic mass is 10.0. The minimum atomic E-state index is -0.176. The summed E-state index contributed by atoms with van der Waals surface area (Å²) >= 11 is 0. The Kier molecular flexibility index (Phi) is 6.21. The number of aliphatic hydroxyl groups is 1. The van der Waals surface area contributed by atoms with Gasteiger partial charge in [0, 0.05) is 49.7 Å². The van der Waals surface area contributed by atoms with Crippen molar-refractivity contribution >= 4 is 5.91 Å². The van der Waals surface area contributed by atoms with Gasteiger partial charge in [-0.2, -0.15) is 5.10 Å². The molecule has 0 saturated carbocycles. The smallest absolute Gasteiger partial charge is 0.272 e. The van der Waals surface area contributed by atoms with Crippen molar-refractivity contribution in [2.24, 2.45) is 0 Å². The molecule has 156 valence electrons. The number of hydrogen-bond acceptors (Lipinski definition) is 5. The molecule has 4 rings (SSSR count). The minimum Gasteiger partial charge on any atom is -0.394 e. The zero-order valence-corrected chi connectivity index (χ0v) is 17.2. The van der Waals surface area contributed by atoms with Crippen LogP contribution in [-0.4, -0.2) is 43.8 Å². The van der Waals surface area contributed by atoms with Gasteiger partial charge in [-0.05, 0) is 30.2 Å². The molecule has 7 nitrogen and oxygen atoms in total. The molecule has 0 radical (unpaired) electrons. The number of carbonyl (C=O) groups excluding carboxylic acids is 1. The van der Waals surface area contributed by atoms with Crippen LogP contribution in [0.3, 0.4) is 0 Å². The number of nitrogens with zero attached hydrogens (tertiary/aromatic N) is 4. The molecular weight excluding hydrogens is 378 g/mol. The summed E-state index contributed by atoms with van der Waals surface area (Å²) in [6.07, 6.45) is 4.40. The Hall–Kier alpha value is -3.03. The second-order valence-corrected chi connectivity index (χ2v) is 7.64. The molecule has 1 aliphatic rings. The van der Waals surface area contributed by atoms with Crippen LogP contribution in [0.2, 0.25) is 0 Å². The first-order valence-corrected chi connectivity index (χ1v) is 10.3. The normalized spacial score (nSPS) is 14.9. The fourth-order valence-corrected chi connectivity index (χ4v) is 3.98. The summed E-state index contributed by atoms with van der Waals surface area (Å²) in [5.74, 6) is -0.176. The predicted octanol–water partition coefficient (Wildman–Crippen LogP) is 2.32. The Bertz CT molecular complexity index is 988. The maximum absolute atomic E-state index is 13.1. The molecule has 0 spiro atoms. The summed E-state index contributed by atoms with van der Waals surface area (Å²) in [7, 11) is 0. The van der Waals surface area contributed by atoms with Gasteiger partial charge in [-0.1, -0.05) is 30.3 Å². The van der Waals surface area contributed by atoms with Crippen LogP contribution in [0.5, 0.6) is 0 Å². The van der Waals surface area contributed by atoms with E-state index in [4.69, 9.17) is 0 Å². The van der Waals surface area contributed by atoms with Crippen LogP contribution in [-0.2, 0) is 26.1 Å². The van der Waals surface area contributed by atoms with Gasteiger partial charge < -0.3 is 10.4 Å². The maximum atomic E-state index is 13.1. The molecule has 1 amide bonds. The largest absolute Gasteiger partial charge is 0.394 e. The van der Waals surface area contributed by atoms with Gasteiger partial charge in [0.2, 0.25) is 0 Å². The SMILES string of the molecule is C[C@@H](NC(=O)c1nn(CCO)c2c1CN(Cc1ccncc1)CC2)c1ccccc1. The molecular formula is C23H27N5O2. The van der Waals surface area contributed by atoms with Crippen LogP contribution in [0.25, 0.3) is 0 Å². The maximum Gasteiger partial charge on any atom is 0.272 e. The molecule has 30 heavy (non-hydrogen) atoms. The summed E-state index contributed by atoms with van der Waals surface area (Å²) in [5.41, 5.74) is 4.71. The van der Waals surface area contributed by atoms with Crippen LogP contribution in [0, 0.1) is 0 Å². The number of aromatic nitrogens is 3. The molecule has 0 fully saturated rings. The average Bonchev–Trinajstić information content (AvgIpc) is 3.13. The van der Waals surface area contributed by atoms with E-state index in [1.165, 1.54) is 5.56 Å². The average molecular weight is 406 g/mol. The highest BCUT2D eigenvalue weighted by molar-refractivity contribution is 5.94. The molecule has 0 saturated heterocycles. The van der Waals surface area contributed by atoms with Crippen molar-refractivity contribution < 1.29 is 9.90 Å². The number of benzene rings is 1. The Morgan fingerprint density at radius 2 is 1.97 bits per heavy atom. The van der Waals surface area contributed by atoms with Crippen molar-refractivity contribution in [3.05, 3.63) is 82.9 Å². The third-order valence-electron chi connectivity index (χ3n) is 5.54. The van der Waals surface area contributed by atoms with E-state index in [0.29, 0.717) is 18.8 Å². The van der Waals surface area contributed by atoms with E-state index in [1.807, 2.05) is 49.4 Å². The van der Waals surface area contributed by atoms with Gasteiger partial charge in [-0.15, -0.1) is 0 Å². The summed E-state index contributed by atoms with van der Waals surface area (Å²) in [6.45, 7) is 4.71. The number of rotatable bonds is 7. The third-order valence-corrected chi connectivity index (χ3v) is 5.54. The van der Waals surface area contributed by atoms with E-state index in [1.54, 1.807) is 17.1 Å².